The average molecular weight is 472 g/mol. The largest absolute Gasteiger partial charge is 0.363 e. The smallest absolute Gasteiger partial charge is 0.142 e. The highest BCUT2D eigenvalue weighted by Gasteiger charge is 2.28. The molecule has 0 radical (unpaired) electrons. The highest BCUT2D eigenvalue weighted by atomic mass is 35.5. The molecule has 2 aliphatic rings. The molecule has 1 aromatic carbocycles. The van der Waals surface area contributed by atoms with Crippen LogP contribution in [0.25, 0.3) is 11.3 Å². The molecule has 0 amide bonds. The van der Waals surface area contributed by atoms with Crippen molar-refractivity contribution >= 4 is 34.7 Å². The summed E-state index contributed by atoms with van der Waals surface area (Å²) in [6.07, 6.45) is 6.08. The third-order valence-electron chi connectivity index (χ3n) is 6.41. The molecule has 0 unspecified atom stereocenters. The van der Waals surface area contributed by atoms with Gasteiger partial charge in [0.1, 0.15) is 11.6 Å². The van der Waals surface area contributed by atoms with Crippen LogP contribution in [0.5, 0.6) is 0 Å². The molecule has 0 saturated carbocycles. The van der Waals surface area contributed by atoms with Crippen molar-refractivity contribution in [3.05, 3.63) is 63.6 Å². The van der Waals surface area contributed by atoms with E-state index in [1.807, 2.05) is 25.3 Å². The fourth-order valence-corrected chi connectivity index (χ4v) is 5.35. The predicted molar refractivity (Wildman–Crippen MR) is 127 cm³/mol. The van der Waals surface area contributed by atoms with Gasteiger partial charge in [-0.05, 0) is 62.9 Å². The Morgan fingerprint density at radius 3 is 2.56 bits per heavy atom. The summed E-state index contributed by atoms with van der Waals surface area (Å²) in [6.45, 7) is 4.91. The van der Waals surface area contributed by atoms with Crippen LogP contribution in [0, 0.1) is 5.82 Å². The van der Waals surface area contributed by atoms with Crippen LogP contribution in [0.1, 0.15) is 43.5 Å². The molecule has 3 aromatic rings. The zero-order valence-electron chi connectivity index (χ0n) is 17.9. The van der Waals surface area contributed by atoms with Gasteiger partial charge in [0.2, 0.25) is 0 Å². The number of hydrogen-bond acceptors (Lipinski definition) is 5. The van der Waals surface area contributed by atoms with E-state index in [1.165, 1.54) is 18.9 Å². The van der Waals surface area contributed by atoms with Crippen molar-refractivity contribution in [1.29, 1.82) is 0 Å². The molecule has 0 bridgehead atoms. The molecule has 166 valence electrons. The number of aromatic nitrogens is 3. The van der Waals surface area contributed by atoms with Gasteiger partial charge in [0.15, 0.2) is 0 Å². The normalized spacial score (nSPS) is 16.9. The maximum Gasteiger partial charge on any atom is 0.142 e. The van der Waals surface area contributed by atoms with E-state index in [0.717, 1.165) is 60.9 Å². The zero-order valence-corrected chi connectivity index (χ0v) is 19.4. The van der Waals surface area contributed by atoms with Gasteiger partial charge in [0, 0.05) is 42.0 Å². The Hall–Kier alpha value is -2.44. The third kappa shape index (κ3) is 3.90. The summed E-state index contributed by atoms with van der Waals surface area (Å²) in [5.74, 6) is 0.538. The van der Waals surface area contributed by atoms with Crippen molar-refractivity contribution in [1.82, 2.24) is 15.2 Å². The summed E-state index contributed by atoms with van der Waals surface area (Å²) in [4.78, 5) is 9.15. The first-order valence-electron chi connectivity index (χ1n) is 11.0. The van der Waals surface area contributed by atoms with Gasteiger partial charge >= 0.3 is 0 Å². The molecule has 2 aliphatic heterocycles. The predicted octanol–water partition coefficient (Wildman–Crippen LogP) is 6.10. The van der Waals surface area contributed by atoms with Crippen LogP contribution in [0.4, 0.5) is 15.9 Å². The maximum absolute atomic E-state index is 14.2. The number of nitrogens with zero attached hydrogens (tertiary/aromatic N) is 5. The van der Waals surface area contributed by atoms with E-state index in [2.05, 4.69) is 31.0 Å². The van der Waals surface area contributed by atoms with E-state index in [9.17, 15) is 4.39 Å². The molecule has 0 aliphatic carbocycles. The number of aryl methyl sites for hydroxylation is 1. The number of rotatable bonds is 4. The van der Waals surface area contributed by atoms with E-state index < -0.39 is 5.82 Å². The second-order valence-corrected chi connectivity index (χ2v) is 9.18. The molecule has 2 aromatic heterocycles. The van der Waals surface area contributed by atoms with Crippen LogP contribution in [-0.2, 0) is 6.42 Å². The first-order chi connectivity index (χ1) is 15.5. The molecule has 1 fully saturated rings. The summed E-state index contributed by atoms with van der Waals surface area (Å²) in [6, 6.07) is 8.79. The van der Waals surface area contributed by atoms with E-state index in [4.69, 9.17) is 23.2 Å². The van der Waals surface area contributed by atoms with Gasteiger partial charge in [-0.1, -0.05) is 23.2 Å². The van der Waals surface area contributed by atoms with Crippen LogP contribution in [-0.4, -0.2) is 34.8 Å². The first kappa shape index (κ1) is 21.4. The van der Waals surface area contributed by atoms with Crippen molar-refractivity contribution in [3.8, 4) is 11.3 Å². The molecule has 1 atom stereocenters. The molecule has 5 rings (SSSR count). The van der Waals surface area contributed by atoms with Crippen LogP contribution >= 0.6 is 23.2 Å². The fourth-order valence-electron chi connectivity index (χ4n) is 4.67. The molecule has 0 spiro atoms. The van der Waals surface area contributed by atoms with Gasteiger partial charge in [-0.15, -0.1) is 0 Å². The Morgan fingerprint density at radius 1 is 1.00 bits per heavy atom. The Labute approximate surface area is 197 Å². The number of halogens is 3. The van der Waals surface area contributed by atoms with Crippen LogP contribution in [0.15, 0.2) is 36.5 Å². The molecular formula is C24H24Cl2FN5. The minimum atomic E-state index is -0.465. The third-order valence-corrected chi connectivity index (χ3v) is 7.12. The second kappa shape index (κ2) is 8.83. The average Bonchev–Trinajstić information content (AvgIpc) is 3.36. The number of hydrogen-bond donors (Lipinski definition) is 0. The lowest BCUT2D eigenvalue weighted by molar-refractivity contribution is 0.591. The van der Waals surface area contributed by atoms with Crippen LogP contribution < -0.4 is 9.80 Å². The lowest BCUT2D eigenvalue weighted by Crippen LogP contribution is -2.33. The molecule has 1 saturated heterocycles. The van der Waals surface area contributed by atoms with Crippen molar-refractivity contribution in [2.45, 2.75) is 38.6 Å². The second-order valence-electron chi connectivity index (χ2n) is 8.39. The number of benzene rings is 1. The Balaban J connectivity index is 1.48. The standard InChI is InChI=1S/C24H24Cl2FN5/c1-15(23-17(25)7-8-18(27)24(23)26)32-12-4-5-19-21(32)13-20(30-29-19)16-6-9-22(28-14-16)31-10-2-3-11-31/h6-9,13-15H,2-5,10-12H2,1H3/t15-/m1/s1. The minimum absolute atomic E-state index is 0.0704. The van der Waals surface area contributed by atoms with E-state index >= 15 is 0 Å². The summed E-state index contributed by atoms with van der Waals surface area (Å²) >= 11 is 12.7. The molecule has 32 heavy (non-hydrogen) atoms. The summed E-state index contributed by atoms with van der Waals surface area (Å²) in [5, 5.41) is 9.51. The molecule has 0 N–H and O–H groups in total. The summed E-state index contributed by atoms with van der Waals surface area (Å²) in [5.41, 5.74) is 4.19. The van der Waals surface area contributed by atoms with Gasteiger partial charge in [0.25, 0.3) is 0 Å². The molecular weight excluding hydrogens is 448 g/mol. The van der Waals surface area contributed by atoms with Gasteiger partial charge < -0.3 is 9.80 Å². The Kier molecular flexibility index (Phi) is 5.91. The Morgan fingerprint density at radius 2 is 1.81 bits per heavy atom. The number of fused-ring (bicyclic) bond motifs is 1. The van der Waals surface area contributed by atoms with Crippen LogP contribution in [0.2, 0.25) is 10.0 Å². The van der Waals surface area contributed by atoms with Crippen molar-refractivity contribution < 1.29 is 4.39 Å². The molecule has 8 heteroatoms. The van der Waals surface area contributed by atoms with Gasteiger partial charge in [0.05, 0.1) is 28.1 Å². The SMILES string of the molecule is C[C@H](c1c(Cl)ccc(F)c1Cl)N1CCCc2nnc(-c3ccc(N4CCCC4)nc3)cc21. The maximum atomic E-state index is 14.2. The lowest BCUT2D eigenvalue weighted by atomic mass is 10.00. The highest BCUT2D eigenvalue weighted by molar-refractivity contribution is 6.36. The van der Waals surface area contributed by atoms with Gasteiger partial charge in [-0.2, -0.15) is 10.2 Å². The van der Waals surface area contributed by atoms with Gasteiger partial charge in [-0.25, -0.2) is 9.37 Å². The van der Waals surface area contributed by atoms with Crippen molar-refractivity contribution in [2.75, 3.05) is 29.4 Å². The van der Waals surface area contributed by atoms with E-state index in [1.54, 1.807) is 6.07 Å². The van der Waals surface area contributed by atoms with Gasteiger partial charge in [-0.3, -0.25) is 0 Å². The summed E-state index contributed by atoms with van der Waals surface area (Å²) < 4.78 is 14.2. The van der Waals surface area contributed by atoms with Crippen molar-refractivity contribution in [3.63, 3.8) is 0 Å². The molecule has 4 heterocycles. The van der Waals surface area contributed by atoms with E-state index in [0.29, 0.717) is 10.6 Å². The van der Waals surface area contributed by atoms with Crippen molar-refractivity contribution in [2.24, 2.45) is 0 Å². The summed E-state index contributed by atoms with van der Waals surface area (Å²) in [7, 11) is 0. The quantitative estimate of drug-likeness (QED) is 0.430. The Bertz CT molecular complexity index is 1130. The monoisotopic (exact) mass is 471 g/mol. The van der Waals surface area contributed by atoms with Crippen LogP contribution in [0.3, 0.4) is 0 Å². The topological polar surface area (TPSA) is 45.2 Å². The number of anilines is 2. The lowest BCUT2D eigenvalue weighted by Gasteiger charge is -2.36. The molecule has 5 nitrogen and oxygen atoms in total. The highest BCUT2D eigenvalue weighted by Crippen LogP contribution is 2.40. The minimum Gasteiger partial charge on any atom is -0.363 e. The first-order valence-corrected chi connectivity index (χ1v) is 11.8. The fraction of sp³-hybridized carbons (Fsp3) is 0.375. The zero-order chi connectivity index (χ0) is 22.2. The number of pyridine rings is 1. The van der Waals surface area contributed by atoms with E-state index in [-0.39, 0.29) is 11.1 Å².